The Balaban J connectivity index is 0.00000544. The molecule has 0 aliphatic carbocycles. The highest BCUT2D eigenvalue weighted by Crippen LogP contribution is 2.28. The second kappa shape index (κ2) is 11.2. The van der Waals surface area contributed by atoms with Gasteiger partial charge in [-0.1, -0.05) is 27.7 Å². The highest BCUT2D eigenvalue weighted by molar-refractivity contribution is 7.14. The van der Waals surface area contributed by atoms with Crippen LogP contribution in [0.2, 0.25) is 0 Å². The predicted octanol–water partition coefficient (Wildman–Crippen LogP) is 3.61. The van der Waals surface area contributed by atoms with Crippen molar-refractivity contribution in [3.63, 3.8) is 0 Å². The third-order valence-electron chi connectivity index (χ3n) is 4.76. The second-order valence-electron chi connectivity index (χ2n) is 8.31. The molecule has 1 aromatic carbocycles. The number of ether oxygens (including phenoxy) is 1. The fraction of sp³-hybridized carbons (Fsp3) is 0.364. The van der Waals surface area contributed by atoms with Gasteiger partial charge in [0.25, 0.3) is 0 Å². The summed E-state index contributed by atoms with van der Waals surface area (Å²) >= 11 is 1.10. The van der Waals surface area contributed by atoms with Gasteiger partial charge in [-0.2, -0.15) is 0 Å². The Kier molecular flexibility index (Phi) is 9.56. The number of thiophene rings is 1. The maximum absolute atomic E-state index is 14.1. The quantitative estimate of drug-likeness (QED) is 0.180. The number of aliphatic carboxylic acids is 1. The molecular formula is C22H27ClFN3O5S. The van der Waals surface area contributed by atoms with Gasteiger partial charge in [-0.3, -0.25) is 10.2 Å². The Morgan fingerprint density at radius 1 is 1.24 bits per heavy atom. The zero-order chi connectivity index (χ0) is 24.2. The van der Waals surface area contributed by atoms with Gasteiger partial charge in [-0.25, -0.2) is 14.0 Å². The van der Waals surface area contributed by atoms with Crippen LogP contribution < -0.4 is 15.8 Å². The van der Waals surface area contributed by atoms with Crippen LogP contribution in [0, 0.1) is 22.6 Å². The van der Waals surface area contributed by atoms with Crippen LogP contribution in [0.15, 0.2) is 30.3 Å². The first-order valence-electron chi connectivity index (χ1n) is 9.80. The molecule has 1 aromatic heterocycles. The van der Waals surface area contributed by atoms with Crippen molar-refractivity contribution >= 4 is 47.4 Å². The Bertz CT molecular complexity index is 1050. The molecular weight excluding hydrogens is 473 g/mol. The van der Waals surface area contributed by atoms with Crippen LogP contribution in [0.25, 0.3) is 0 Å². The fourth-order valence-corrected chi connectivity index (χ4v) is 3.96. The molecule has 180 valence electrons. The van der Waals surface area contributed by atoms with E-state index in [1.807, 2.05) is 0 Å². The molecule has 1 heterocycles. The van der Waals surface area contributed by atoms with Crippen LogP contribution in [-0.2, 0) is 16.0 Å². The van der Waals surface area contributed by atoms with Crippen molar-refractivity contribution in [3.05, 3.63) is 51.5 Å². The van der Waals surface area contributed by atoms with Gasteiger partial charge < -0.3 is 20.9 Å². The van der Waals surface area contributed by atoms with Crippen molar-refractivity contribution in [2.24, 2.45) is 17.1 Å². The number of carboxylic acids is 1. The van der Waals surface area contributed by atoms with Crippen LogP contribution in [0.4, 0.5) is 4.39 Å². The van der Waals surface area contributed by atoms with Crippen molar-refractivity contribution in [2.75, 3.05) is 0 Å². The van der Waals surface area contributed by atoms with E-state index in [0.717, 1.165) is 17.4 Å². The van der Waals surface area contributed by atoms with E-state index in [2.05, 4.69) is 5.32 Å². The number of benzene rings is 1. The number of rotatable bonds is 9. The molecule has 0 bridgehead atoms. The van der Waals surface area contributed by atoms with E-state index in [4.69, 9.17) is 15.9 Å². The number of carbonyl (C=O) groups excluding carboxylic acids is 2. The third-order valence-corrected chi connectivity index (χ3v) is 5.82. The number of carbonyl (C=O) groups is 3. The van der Waals surface area contributed by atoms with Gasteiger partial charge in [0, 0.05) is 15.9 Å². The largest absolute Gasteiger partial charge is 0.480 e. The molecule has 33 heavy (non-hydrogen) atoms. The monoisotopic (exact) mass is 499 g/mol. The summed E-state index contributed by atoms with van der Waals surface area (Å²) in [5.74, 6) is -3.97. The summed E-state index contributed by atoms with van der Waals surface area (Å²) in [5, 5.41) is 19.2. The molecule has 8 nitrogen and oxygen atoms in total. The van der Waals surface area contributed by atoms with Crippen LogP contribution in [0.1, 0.15) is 47.8 Å². The number of nitrogen functional groups attached to an aromatic ring is 1. The molecule has 5 N–H and O–H groups in total. The average Bonchev–Trinajstić information content (AvgIpc) is 3.14. The molecule has 0 spiro atoms. The number of nitrogens with two attached hydrogens (primary N) is 1. The Morgan fingerprint density at radius 3 is 2.39 bits per heavy atom. The van der Waals surface area contributed by atoms with Crippen molar-refractivity contribution in [1.29, 1.82) is 5.41 Å². The first-order valence-corrected chi connectivity index (χ1v) is 10.6. The lowest BCUT2D eigenvalue weighted by Gasteiger charge is -2.27. The number of amides is 1. The molecule has 0 aliphatic heterocycles. The SMILES string of the molecule is CC(C)[C@H](NC(=O)C(C)(C)Cc1ccc(C(=O)Oc2ccc(C(=N)N)cc2F)s1)C(=O)O.Cl. The number of esters is 1. The van der Waals surface area contributed by atoms with E-state index in [1.54, 1.807) is 33.8 Å². The molecule has 0 saturated carbocycles. The first-order chi connectivity index (χ1) is 14.8. The van der Waals surface area contributed by atoms with Gasteiger partial charge in [-0.05, 0) is 42.7 Å². The number of halogens is 2. The summed E-state index contributed by atoms with van der Waals surface area (Å²) in [6.07, 6.45) is 0.267. The summed E-state index contributed by atoms with van der Waals surface area (Å²) in [7, 11) is 0. The van der Waals surface area contributed by atoms with Crippen LogP contribution >= 0.6 is 23.7 Å². The summed E-state index contributed by atoms with van der Waals surface area (Å²) in [6, 6.07) is 5.79. The lowest BCUT2D eigenvalue weighted by molar-refractivity contribution is -0.144. The molecule has 0 unspecified atom stereocenters. The molecule has 2 aromatic rings. The summed E-state index contributed by atoms with van der Waals surface area (Å²) in [4.78, 5) is 37.3. The third kappa shape index (κ3) is 7.26. The lowest BCUT2D eigenvalue weighted by Crippen LogP contribution is -2.49. The molecule has 0 fully saturated rings. The van der Waals surface area contributed by atoms with Crippen LogP contribution in [0.5, 0.6) is 5.75 Å². The Labute approximate surface area is 201 Å². The Morgan fingerprint density at radius 2 is 1.88 bits per heavy atom. The predicted molar refractivity (Wildman–Crippen MR) is 126 cm³/mol. The molecule has 0 saturated heterocycles. The standard InChI is InChI=1S/C22H26FN3O5S.ClH/c1-11(2)17(19(27)28)26-21(30)22(3,4)10-13-6-8-16(32-13)20(29)31-15-7-5-12(18(24)25)9-14(15)23;/h5-9,11,17H,10H2,1-4H3,(H3,24,25)(H,26,30)(H,27,28);1H/t17-;/m0./s1. The van der Waals surface area contributed by atoms with Crippen molar-refractivity contribution in [1.82, 2.24) is 5.32 Å². The van der Waals surface area contributed by atoms with E-state index >= 15 is 0 Å². The van der Waals surface area contributed by atoms with Gasteiger partial charge in [0.2, 0.25) is 5.91 Å². The summed E-state index contributed by atoms with van der Waals surface area (Å²) in [6.45, 7) is 6.79. The second-order valence-corrected chi connectivity index (χ2v) is 9.48. The average molecular weight is 500 g/mol. The molecule has 1 amide bonds. The number of carboxylic acid groups (broad SMARTS) is 1. The van der Waals surface area contributed by atoms with E-state index < -0.39 is 35.1 Å². The number of amidine groups is 1. The van der Waals surface area contributed by atoms with Crippen LogP contribution in [-0.4, -0.2) is 34.8 Å². The molecule has 0 aliphatic rings. The zero-order valence-electron chi connectivity index (χ0n) is 18.6. The lowest BCUT2D eigenvalue weighted by atomic mass is 9.86. The zero-order valence-corrected chi connectivity index (χ0v) is 20.2. The van der Waals surface area contributed by atoms with E-state index in [-0.39, 0.29) is 46.8 Å². The minimum absolute atomic E-state index is 0. The summed E-state index contributed by atoms with van der Waals surface area (Å²) < 4.78 is 19.2. The van der Waals surface area contributed by atoms with Gasteiger partial charge in [0.1, 0.15) is 16.8 Å². The minimum Gasteiger partial charge on any atom is -0.480 e. The van der Waals surface area contributed by atoms with Gasteiger partial charge in [0.05, 0.1) is 0 Å². The highest BCUT2D eigenvalue weighted by Gasteiger charge is 2.33. The van der Waals surface area contributed by atoms with E-state index in [0.29, 0.717) is 4.88 Å². The van der Waals surface area contributed by atoms with E-state index in [9.17, 15) is 23.9 Å². The smallest absolute Gasteiger partial charge is 0.353 e. The minimum atomic E-state index is -1.10. The topological polar surface area (TPSA) is 143 Å². The van der Waals surface area contributed by atoms with E-state index in [1.165, 1.54) is 18.2 Å². The molecule has 2 rings (SSSR count). The molecule has 11 heteroatoms. The van der Waals surface area contributed by atoms with Gasteiger partial charge in [0.15, 0.2) is 11.6 Å². The number of hydrogen-bond donors (Lipinski definition) is 4. The van der Waals surface area contributed by atoms with Crippen molar-refractivity contribution < 1.29 is 28.6 Å². The van der Waals surface area contributed by atoms with Gasteiger partial charge >= 0.3 is 11.9 Å². The highest BCUT2D eigenvalue weighted by atomic mass is 35.5. The Hall–Kier alpha value is -2.98. The normalized spacial score (nSPS) is 11.9. The van der Waals surface area contributed by atoms with Crippen molar-refractivity contribution in [3.8, 4) is 5.75 Å². The maximum Gasteiger partial charge on any atom is 0.353 e. The van der Waals surface area contributed by atoms with Gasteiger partial charge in [-0.15, -0.1) is 23.7 Å². The molecule has 1 atom stereocenters. The maximum atomic E-state index is 14.1. The van der Waals surface area contributed by atoms with Crippen molar-refractivity contribution in [2.45, 2.75) is 40.2 Å². The fourth-order valence-electron chi connectivity index (χ4n) is 2.85. The van der Waals surface area contributed by atoms with Crippen LogP contribution in [0.3, 0.4) is 0 Å². The number of nitrogens with one attached hydrogen (secondary N) is 2. The summed E-state index contributed by atoms with van der Waals surface area (Å²) in [5.41, 5.74) is 4.55. The number of hydrogen-bond acceptors (Lipinski definition) is 6. The molecule has 0 radical (unpaired) electrons. The first kappa shape index (κ1) is 28.1.